The van der Waals surface area contributed by atoms with Crippen molar-refractivity contribution in [2.75, 3.05) is 13.7 Å². The number of amides is 1. The fourth-order valence-electron chi connectivity index (χ4n) is 3.06. The lowest BCUT2D eigenvalue weighted by atomic mass is 10.1. The van der Waals surface area contributed by atoms with Crippen LogP contribution in [-0.2, 0) is 4.79 Å². The number of carbonyl (C=O) groups is 2. The summed E-state index contributed by atoms with van der Waals surface area (Å²) in [6.45, 7) is 0.644. The first-order chi connectivity index (χ1) is 13.5. The Hall–Kier alpha value is -1.79. The summed E-state index contributed by atoms with van der Waals surface area (Å²) in [5.74, 6) is -0.108. The standard InChI is InChI=1S/C21H28ClNO4S/c1-27-15-11-12-17-16(14-15)19(22)20(28-17)21(26)23-13-9-7-5-3-2-4-6-8-10-18(24)25/h11-12,14H,2-10,13H2,1H3,(H,23,26)(H,24,25). The molecule has 1 heterocycles. The maximum Gasteiger partial charge on any atom is 0.303 e. The smallest absolute Gasteiger partial charge is 0.303 e. The number of hydrogen-bond donors (Lipinski definition) is 2. The lowest BCUT2D eigenvalue weighted by molar-refractivity contribution is -0.137. The zero-order valence-corrected chi connectivity index (χ0v) is 17.8. The van der Waals surface area contributed by atoms with Gasteiger partial charge in [0.05, 0.1) is 12.1 Å². The Labute approximate surface area is 175 Å². The molecule has 0 spiro atoms. The zero-order chi connectivity index (χ0) is 20.4. The maximum atomic E-state index is 12.4. The van der Waals surface area contributed by atoms with Crippen molar-refractivity contribution in [3.05, 3.63) is 28.1 Å². The van der Waals surface area contributed by atoms with E-state index in [9.17, 15) is 9.59 Å². The quantitative estimate of drug-likeness (QED) is 0.392. The second-order valence-corrected chi connectivity index (χ2v) is 8.27. The van der Waals surface area contributed by atoms with E-state index in [1.165, 1.54) is 11.3 Å². The summed E-state index contributed by atoms with van der Waals surface area (Å²) in [7, 11) is 1.61. The number of carboxylic acids is 1. The van der Waals surface area contributed by atoms with E-state index in [1.54, 1.807) is 7.11 Å². The average Bonchev–Trinajstić information content (AvgIpc) is 3.01. The first-order valence-electron chi connectivity index (χ1n) is 9.79. The molecule has 0 fully saturated rings. The van der Waals surface area contributed by atoms with Crippen molar-refractivity contribution in [3.63, 3.8) is 0 Å². The summed E-state index contributed by atoms with van der Waals surface area (Å²) in [6.07, 6.45) is 8.60. The van der Waals surface area contributed by atoms with Gasteiger partial charge in [0, 0.05) is 23.1 Å². The number of fused-ring (bicyclic) bond motifs is 1. The third kappa shape index (κ3) is 6.99. The molecule has 0 atom stereocenters. The van der Waals surface area contributed by atoms with Gasteiger partial charge in [-0.3, -0.25) is 9.59 Å². The molecule has 0 aliphatic rings. The zero-order valence-electron chi connectivity index (χ0n) is 16.3. The van der Waals surface area contributed by atoms with Gasteiger partial charge in [-0.05, 0) is 31.0 Å². The van der Waals surface area contributed by atoms with Crippen LogP contribution in [0.5, 0.6) is 5.75 Å². The van der Waals surface area contributed by atoms with Crippen LogP contribution in [0.4, 0.5) is 0 Å². The fraction of sp³-hybridized carbons (Fsp3) is 0.524. The van der Waals surface area contributed by atoms with Crippen molar-refractivity contribution >= 4 is 44.9 Å². The molecular weight excluding hydrogens is 398 g/mol. The molecule has 154 valence electrons. The fourth-order valence-corrected chi connectivity index (χ4v) is 4.47. The highest BCUT2D eigenvalue weighted by molar-refractivity contribution is 7.21. The predicted octanol–water partition coefficient (Wildman–Crippen LogP) is 5.89. The average molecular weight is 426 g/mol. The van der Waals surface area contributed by atoms with Crippen LogP contribution in [0.1, 0.15) is 67.5 Å². The number of hydrogen-bond acceptors (Lipinski definition) is 4. The molecule has 0 unspecified atom stereocenters. The number of unbranched alkanes of at least 4 members (excludes halogenated alkanes) is 7. The molecule has 0 saturated carbocycles. The summed E-state index contributed by atoms with van der Waals surface area (Å²) in [4.78, 5) is 23.4. The van der Waals surface area contributed by atoms with Gasteiger partial charge in [0.1, 0.15) is 10.6 Å². The van der Waals surface area contributed by atoms with Crippen LogP contribution in [0.15, 0.2) is 18.2 Å². The lowest BCUT2D eigenvalue weighted by Crippen LogP contribution is -2.23. The number of aliphatic carboxylic acids is 1. The minimum Gasteiger partial charge on any atom is -0.497 e. The molecule has 1 aromatic heterocycles. The van der Waals surface area contributed by atoms with Crippen molar-refractivity contribution in [3.8, 4) is 5.75 Å². The molecule has 1 amide bonds. The van der Waals surface area contributed by atoms with Gasteiger partial charge in [-0.2, -0.15) is 0 Å². The lowest BCUT2D eigenvalue weighted by Gasteiger charge is -2.04. The Morgan fingerprint density at radius 3 is 2.36 bits per heavy atom. The largest absolute Gasteiger partial charge is 0.497 e. The van der Waals surface area contributed by atoms with Gasteiger partial charge in [-0.15, -0.1) is 11.3 Å². The van der Waals surface area contributed by atoms with Crippen molar-refractivity contribution in [2.24, 2.45) is 0 Å². The molecule has 0 radical (unpaired) electrons. The van der Waals surface area contributed by atoms with E-state index >= 15 is 0 Å². The van der Waals surface area contributed by atoms with E-state index in [-0.39, 0.29) is 12.3 Å². The second-order valence-electron chi connectivity index (χ2n) is 6.84. The molecule has 5 nitrogen and oxygen atoms in total. The third-order valence-corrected chi connectivity index (χ3v) is 6.32. The molecule has 2 N–H and O–H groups in total. The first-order valence-corrected chi connectivity index (χ1v) is 11.0. The van der Waals surface area contributed by atoms with Gasteiger partial charge in [-0.1, -0.05) is 50.1 Å². The van der Waals surface area contributed by atoms with Gasteiger partial charge in [0.25, 0.3) is 5.91 Å². The molecular formula is C21H28ClNO4S. The van der Waals surface area contributed by atoms with E-state index < -0.39 is 5.97 Å². The van der Waals surface area contributed by atoms with Crippen LogP contribution in [-0.4, -0.2) is 30.6 Å². The van der Waals surface area contributed by atoms with Gasteiger partial charge >= 0.3 is 5.97 Å². The summed E-state index contributed by atoms with van der Waals surface area (Å²) >= 11 is 7.79. The predicted molar refractivity (Wildman–Crippen MR) is 115 cm³/mol. The number of ether oxygens (including phenoxy) is 1. The minimum absolute atomic E-state index is 0.122. The highest BCUT2D eigenvalue weighted by atomic mass is 35.5. The summed E-state index contributed by atoms with van der Waals surface area (Å²) in [5, 5.41) is 12.9. The normalized spacial score (nSPS) is 10.9. The number of methoxy groups -OCH3 is 1. The topological polar surface area (TPSA) is 75.6 Å². The first kappa shape index (κ1) is 22.5. The molecule has 0 saturated heterocycles. The summed E-state index contributed by atoms with van der Waals surface area (Å²) < 4.78 is 6.19. The Morgan fingerprint density at radius 1 is 1.07 bits per heavy atom. The number of thiophene rings is 1. The van der Waals surface area contributed by atoms with Crippen molar-refractivity contribution in [1.82, 2.24) is 5.32 Å². The summed E-state index contributed by atoms with van der Waals surface area (Å²) in [5.41, 5.74) is 0. The van der Waals surface area contributed by atoms with E-state index in [2.05, 4.69) is 5.32 Å². The molecule has 1 aromatic carbocycles. The van der Waals surface area contributed by atoms with Crippen LogP contribution in [0.3, 0.4) is 0 Å². The van der Waals surface area contributed by atoms with Crippen LogP contribution in [0.2, 0.25) is 5.02 Å². The molecule has 7 heteroatoms. The molecule has 2 aromatic rings. The highest BCUT2D eigenvalue weighted by Crippen LogP contribution is 2.37. The molecule has 0 aliphatic carbocycles. The van der Waals surface area contributed by atoms with Crippen LogP contribution in [0.25, 0.3) is 10.1 Å². The Bertz CT molecular complexity index is 790. The molecule has 0 bridgehead atoms. The highest BCUT2D eigenvalue weighted by Gasteiger charge is 2.17. The maximum absolute atomic E-state index is 12.4. The van der Waals surface area contributed by atoms with Gasteiger partial charge in [0.2, 0.25) is 0 Å². The molecule has 2 rings (SSSR count). The monoisotopic (exact) mass is 425 g/mol. The van der Waals surface area contributed by atoms with Gasteiger partial charge < -0.3 is 15.2 Å². The SMILES string of the molecule is COc1ccc2sc(C(=O)NCCCCCCCCCCC(=O)O)c(Cl)c2c1. The Balaban J connectivity index is 1.62. The minimum atomic E-state index is -0.710. The van der Waals surface area contributed by atoms with E-state index in [4.69, 9.17) is 21.4 Å². The number of rotatable bonds is 13. The van der Waals surface area contributed by atoms with Crippen LogP contribution >= 0.6 is 22.9 Å². The second kappa shape index (κ2) is 11.9. The van der Waals surface area contributed by atoms with E-state index in [0.29, 0.717) is 16.4 Å². The van der Waals surface area contributed by atoms with Crippen molar-refractivity contribution in [2.45, 2.75) is 57.8 Å². The van der Waals surface area contributed by atoms with Crippen molar-refractivity contribution in [1.29, 1.82) is 0 Å². The number of nitrogens with one attached hydrogen (secondary N) is 1. The Morgan fingerprint density at radius 2 is 1.71 bits per heavy atom. The number of carbonyl (C=O) groups excluding carboxylic acids is 1. The third-order valence-electron chi connectivity index (χ3n) is 4.64. The van der Waals surface area contributed by atoms with Crippen molar-refractivity contribution < 1.29 is 19.4 Å². The van der Waals surface area contributed by atoms with E-state index in [1.807, 2.05) is 18.2 Å². The number of halogens is 1. The molecule has 28 heavy (non-hydrogen) atoms. The molecule has 0 aliphatic heterocycles. The number of carboxylic acid groups (broad SMARTS) is 1. The van der Waals surface area contributed by atoms with Gasteiger partial charge in [0.15, 0.2) is 0 Å². The van der Waals surface area contributed by atoms with Crippen LogP contribution in [0, 0.1) is 0 Å². The Kier molecular flexibility index (Phi) is 9.58. The van der Waals surface area contributed by atoms with E-state index in [0.717, 1.165) is 67.2 Å². The van der Waals surface area contributed by atoms with Gasteiger partial charge in [-0.25, -0.2) is 0 Å². The number of benzene rings is 1. The summed E-state index contributed by atoms with van der Waals surface area (Å²) in [6, 6.07) is 5.64. The van der Waals surface area contributed by atoms with Crippen LogP contribution < -0.4 is 10.1 Å².